The third kappa shape index (κ3) is 17.7. The second-order valence-electron chi connectivity index (χ2n) is 19.2. The monoisotopic (exact) mass is 947 g/mol. The predicted molar refractivity (Wildman–Crippen MR) is 305 cm³/mol. The van der Waals surface area contributed by atoms with Gasteiger partial charge in [-0.15, -0.1) is 0 Å². The molecule has 0 bridgehead atoms. The Kier molecular flexibility index (Phi) is 23.2. The molecule has 0 radical (unpaired) electrons. The first kappa shape index (κ1) is 54.4. The van der Waals surface area contributed by atoms with Crippen LogP contribution < -0.4 is 0 Å². The van der Waals surface area contributed by atoms with E-state index in [1.807, 2.05) is 24.3 Å². The lowest BCUT2D eigenvalue weighted by atomic mass is 9.90. The molecule has 0 nitrogen and oxygen atoms in total. The van der Waals surface area contributed by atoms with E-state index in [9.17, 15) is 0 Å². The molecular formula is C71H75F. The van der Waals surface area contributed by atoms with E-state index in [0.29, 0.717) is 16.7 Å². The summed E-state index contributed by atoms with van der Waals surface area (Å²) in [7, 11) is 0. The molecule has 366 valence electrons. The molecule has 0 heterocycles. The molecule has 1 heteroatoms. The van der Waals surface area contributed by atoms with Gasteiger partial charge in [-0.3, -0.25) is 0 Å². The Morgan fingerprint density at radius 3 is 0.611 bits per heavy atom. The fourth-order valence-corrected chi connectivity index (χ4v) is 8.67. The second-order valence-corrected chi connectivity index (χ2v) is 19.2. The maximum atomic E-state index is 18.1. The number of benzene rings is 6. The van der Waals surface area contributed by atoms with E-state index in [4.69, 9.17) is 0 Å². The highest BCUT2D eigenvalue weighted by Crippen LogP contribution is 2.27. The third-order valence-corrected chi connectivity index (χ3v) is 13.2. The summed E-state index contributed by atoms with van der Waals surface area (Å²) < 4.78 is 18.1. The lowest BCUT2D eigenvalue weighted by Crippen LogP contribution is -2.05. The van der Waals surface area contributed by atoms with Gasteiger partial charge in [-0.2, -0.15) is 0 Å². The normalized spacial score (nSPS) is 10.4. The van der Waals surface area contributed by atoms with Crippen molar-refractivity contribution in [3.05, 3.63) is 211 Å². The fourth-order valence-electron chi connectivity index (χ4n) is 8.67. The van der Waals surface area contributed by atoms with Crippen LogP contribution >= 0.6 is 0 Å². The molecule has 72 heavy (non-hydrogen) atoms. The maximum Gasteiger partial charge on any atom is 0.157 e. The summed E-state index contributed by atoms with van der Waals surface area (Å²) in [5.41, 5.74) is 12.2. The average molecular weight is 947 g/mol. The number of hydrogen-bond donors (Lipinski definition) is 0. The molecule has 6 aromatic carbocycles. The summed E-state index contributed by atoms with van der Waals surface area (Å²) in [6.07, 6.45) is 22.8. The highest BCUT2D eigenvalue weighted by molar-refractivity contribution is 5.73. The number of hydrogen-bond acceptors (Lipinski definition) is 0. The van der Waals surface area contributed by atoms with Crippen LogP contribution in [0.5, 0.6) is 0 Å². The first-order valence-corrected chi connectivity index (χ1v) is 27.3. The summed E-state index contributed by atoms with van der Waals surface area (Å²) in [6.45, 7) is 11.1. The van der Waals surface area contributed by atoms with Crippen molar-refractivity contribution in [2.75, 3.05) is 0 Å². The summed E-state index contributed by atoms with van der Waals surface area (Å²) in [5, 5.41) is 0. The van der Waals surface area contributed by atoms with E-state index in [0.717, 1.165) is 92.0 Å². The molecular weight excluding hydrogens is 872 g/mol. The van der Waals surface area contributed by atoms with Crippen LogP contribution in [0.3, 0.4) is 0 Å². The minimum atomic E-state index is -0.546. The quantitative estimate of drug-likeness (QED) is 0.0528. The van der Waals surface area contributed by atoms with Gasteiger partial charge in [0, 0.05) is 27.8 Å². The zero-order valence-corrected chi connectivity index (χ0v) is 44.1. The zero-order valence-electron chi connectivity index (χ0n) is 44.1. The minimum Gasteiger partial charge on any atom is -0.204 e. The molecule has 0 aliphatic rings. The Morgan fingerprint density at radius 1 is 0.236 bits per heavy atom. The molecule has 0 spiro atoms. The zero-order chi connectivity index (χ0) is 50.6. The Morgan fingerprint density at radius 2 is 0.417 bits per heavy atom. The van der Waals surface area contributed by atoms with Crippen LogP contribution in [-0.4, -0.2) is 0 Å². The SMILES string of the molecule is CCCCCc1ccc(C#Cc2c(F)c(C#Cc3ccc(CCCCC)cc3)c(C#Cc3ccc(CCCCC)cc3)c(C#Cc3ccc(CCCCC)cc3)c2C#Cc2ccc(CCCCC)cc2)cc1. The van der Waals surface area contributed by atoms with E-state index >= 15 is 4.39 Å². The predicted octanol–water partition coefficient (Wildman–Crippen LogP) is 17.5. The first-order chi connectivity index (χ1) is 35.4. The summed E-state index contributed by atoms with van der Waals surface area (Å²) >= 11 is 0. The van der Waals surface area contributed by atoms with Gasteiger partial charge in [0.2, 0.25) is 0 Å². The Balaban J connectivity index is 1.59. The van der Waals surface area contributed by atoms with E-state index in [2.05, 4.69) is 191 Å². The van der Waals surface area contributed by atoms with Crippen molar-refractivity contribution < 1.29 is 4.39 Å². The Labute approximate surface area is 435 Å². The summed E-state index contributed by atoms with van der Waals surface area (Å²) in [5.74, 6) is 33.4. The van der Waals surface area contributed by atoms with Crippen molar-refractivity contribution in [1.29, 1.82) is 0 Å². The van der Waals surface area contributed by atoms with Crippen molar-refractivity contribution in [1.82, 2.24) is 0 Å². The van der Waals surface area contributed by atoms with Crippen LogP contribution in [0.1, 0.15) is 214 Å². The first-order valence-electron chi connectivity index (χ1n) is 27.3. The van der Waals surface area contributed by atoms with Gasteiger partial charge in [0.25, 0.3) is 0 Å². The molecule has 0 amide bonds. The van der Waals surface area contributed by atoms with E-state index < -0.39 is 5.82 Å². The minimum absolute atomic E-state index is 0.166. The topological polar surface area (TPSA) is 0 Å². The van der Waals surface area contributed by atoms with E-state index in [-0.39, 0.29) is 11.1 Å². The molecule has 0 unspecified atom stereocenters. The van der Waals surface area contributed by atoms with Gasteiger partial charge in [-0.05, 0) is 153 Å². The Bertz CT molecular complexity index is 2770. The standard InChI is InChI=1S/C71H75F/c1-6-11-16-21-56-26-36-61(37-27-56)46-51-66-67(52-47-62-38-28-57(29-39-62)22-17-12-7-2)69(54-49-64-42-32-59(33-43-64)24-19-14-9-4)71(72)70(55-50-65-44-34-60(35-45-65)25-20-15-10-5)68(66)53-48-63-40-30-58(31-41-63)23-18-13-8-3/h26-45H,6-25H2,1-5H3. The van der Waals surface area contributed by atoms with Crippen molar-refractivity contribution in [3.8, 4) is 59.2 Å². The maximum absolute atomic E-state index is 18.1. The van der Waals surface area contributed by atoms with Gasteiger partial charge in [0.1, 0.15) is 0 Å². The van der Waals surface area contributed by atoms with Gasteiger partial charge >= 0.3 is 0 Å². The summed E-state index contributed by atoms with van der Waals surface area (Å²) in [6, 6.07) is 42.1. The van der Waals surface area contributed by atoms with Crippen LogP contribution in [0.4, 0.5) is 4.39 Å². The largest absolute Gasteiger partial charge is 0.204 e. The van der Waals surface area contributed by atoms with Crippen molar-refractivity contribution in [2.45, 2.75) is 163 Å². The van der Waals surface area contributed by atoms with Crippen LogP contribution in [0.25, 0.3) is 0 Å². The van der Waals surface area contributed by atoms with Crippen LogP contribution in [0.2, 0.25) is 0 Å². The third-order valence-electron chi connectivity index (χ3n) is 13.2. The lowest BCUT2D eigenvalue weighted by Gasteiger charge is -2.11. The molecule has 6 rings (SSSR count). The molecule has 0 fully saturated rings. The lowest BCUT2D eigenvalue weighted by molar-refractivity contribution is 0.619. The van der Waals surface area contributed by atoms with E-state index in [1.165, 1.54) is 92.0 Å². The molecule has 0 aliphatic carbocycles. The smallest absolute Gasteiger partial charge is 0.157 e. The molecule has 0 atom stereocenters. The van der Waals surface area contributed by atoms with Crippen molar-refractivity contribution in [3.63, 3.8) is 0 Å². The van der Waals surface area contributed by atoms with Gasteiger partial charge in [0.15, 0.2) is 5.82 Å². The molecule has 0 saturated carbocycles. The second kappa shape index (κ2) is 30.7. The molecule has 0 aliphatic heterocycles. The van der Waals surface area contributed by atoms with Crippen molar-refractivity contribution in [2.24, 2.45) is 0 Å². The number of halogens is 1. The highest BCUT2D eigenvalue weighted by atomic mass is 19.1. The van der Waals surface area contributed by atoms with Crippen LogP contribution in [-0.2, 0) is 32.1 Å². The van der Waals surface area contributed by atoms with Crippen LogP contribution in [0, 0.1) is 65.0 Å². The molecule has 6 aromatic rings. The average Bonchev–Trinajstić information content (AvgIpc) is 3.41. The van der Waals surface area contributed by atoms with Crippen LogP contribution in [0.15, 0.2) is 121 Å². The molecule has 0 saturated heterocycles. The number of rotatable bonds is 20. The van der Waals surface area contributed by atoms with Gasteiger partial charge < -0.3 is 0 Å². The number of aryl methyl sites for hydroxylation is 5. The van der Waals surface area contributed by atoms with Gasteiger partial charge in [-0.1, -0.05) is 219 Å². The Hall–Kier alpha value is -6.95. The number of unbranched alkanes of at least 4 members (excludes halogenated alkanes) is 10. The summed E-state index contributed by atoms with van der Waals surface area (Å²) in [4.78, 5) is 0. The van der Waals surface area contributed by atoms with E-state index in [1.54, 1.807) is 0 Å². The highest BCUT2D eigenvalue weighted by Gasteiger charge is 2.21. The molecule has 0 aromatic heterocycles. The fraction of sp³-hybridized carbons (Fsp3) is 0.352. The van der Waals surface area contributed by atoms with Gasteiger partial charge in [0.05, 0.1) is 27.8 Å². The van der Waals surface area contributed by atoms with Gasteiger partial charge in [-0.25, -0.2) is 4.39 Å². The molecule has 0 N–H and O–H groups in total. The van der Waals surface area contributed by atoms with Crippen molar-refractivity contribution >= 4 is 0 Å².